The van der Waals surface area contributed by atoms with Gasteiger partial charge in [-0.05, 0) is 43.5 Å². The first-order chi connectivity index (χ1) is 9.37. The van der Waals surface area contributed by atoms with Crippen LogP contribution in [0.5, 0.6) is 0 Å². The van der Waals surface area contributed by atoms with Gasteiger partial charge >= 0.3 is 5.97 Å². The number of benzene rings is 1. The van der Waals surface area contributed by atoms with Gasteiger partial charge in [0.1, 0.15) is 11.9 Å². The van der Waals surface area contributed by atoms with Crippen LogP contribution in [-0.2, 0) is 19.6 Å². The van der Waals surface area contributed by atoms with Crippen LogP contribution in [0.2, 0.25) is 0 Å². The molecule has 0 saturated carbocycles. The first-order valence-electron chi connectivity index (χ1n) is 6.23. The third-order valence-electron chi connectivity index (χ3n) is 3.40. The Labute approximate surface area is 117 Å². The van der Waals surface area contributed by atoms with Crippen molar-refractivity contribution in [2.75, 3.05) is 13.7 Å². The minimum absolute atomic E-state index is 0.0229. The van der Waals surface area contributed by atoms with Crippen molar-refractivity contribution in [3.63, 3.8) is 0 Å². The van der Waals surface area contributed by atoms with Crippen molar-refractivity contribution < 1.29 is 22.3 Å². The predicted octanol–water partition coefficient (Wildman–Crippen LogP) is 1.46. The number of methoxy groups -OCH3 is 1. The summed E-state index contributed by atoms with van der Waals surface area (Å²) in [5, 5.41) is 0. The summed E-state index contributed by atoms with van der Waals surface area (Å²) in [5.74, 6) is -1.06. The quantitative estimate of drug-likeness (QED) is 0.793. The molecule has 0 N–H and O–H groups in total. The molecule has 0 spiro atoms. The number of aryl methyl sites for hydroxylation is 1. The van der Waals surface area contributed by atoms with Crippen molar-refractivity contribution in [1.82, 2.24) is 4.31 Å². The highest BCUT2D eigenvalue weighted by Crippen LogP contribution is 2.28. The number of esters is 1. The number of halogens is 1. The fraction of sp³-hybridized carbons (Fsp3) is 0.462. The Morgan fingerprint density at radius 3 is 2.75 bits per heavy atom. The first-order valence-corrected chi connectivity index (χ1v) is 7.67. The molecule has 1 saturated heterocycles. The molecule has 20 heavy (non-hydrogen) atoms. The molecule has 0 bridgehead atoms. The molecule has 1 aromatic carbocycles. The largest absolute Gasteiger partial charge is 0.468 e. The van der Waals surface area contributed by atoms with E-state index in [1.54, 1.807) is 0 Å². The number of carbonyl (C=O) groups is 1. The summed E-state index contributed by atoms with van der Waals surface area (Å²) in [6, 6.07) is 2.70. The second kappa shape index (κ2) is 5.49. The van der Waals surface area contributed by atoms with Crippen molar-refractivity contribution in [1.29, 1.82) is 0 Å². The van der Waals surface area contributed by atoms with Crippen LogP contribution in [0.1, 0.15) is 18.4 Å². The van der Waals surface area contributed by atoms with E-state index < -0.39 is 27.9 Å². The molecule has 0 aliphatic carbocycles. The minimum Gasteiger partial charge on any atom is -0.468 e. The van der Waals surface area contributed by atoms with Crippen molar-refractivity contribution in [3.05, 3.63) is 29.6 Å². The monoisotopic (exact) mass is 301 g/mol. The van der Waals surface area contributed by atoms with E-state index in [0.717, 1.165) is 16.4 Å². The van der Waals surface area contributed by atoms with Crippen LogP contribution in [0.3, 0.4) is 0 Å². The van der Waals surface area contributed by atoms with E-state index in [2.05, 4.69) is 4.74 Å². The fourth-order valence-corrected chi connectivity index (χ4v) is 4.28. The van der Waals surface area contributed by atoms with Gasteiger partial charge < -0.3 is 4.74 Å². The van der Waals surface area contributed by atoms with Crippen LogP contribution in [0.4, 0.5) is 4.39 Å². The molecule has 1 unspecified atom stereocenters. The van der Waals surface area contributed by atoms with E-state index in [1.165, 1.54) is 20.1 Å². The lowest BCUT2D eigenvalue weighted by Gasteiger charge is -2.23. The zero-order valence-corrected chi connectivity index (χ0v) is 12.1. The third-order valence-corrected chi connectivity index (χ3v) is 5.47. The molecule has 1 fully saturated rings. The van der Waals surface area contributed by atoms with Gasteiger partial charge in [0, 0.05) is 6.54 Å². The summed E-state index contributed by atoms with van der Waals surface area (Å²) in [7, 11) is -2.59. The number of sulfonamides is 1. The molecule has 1 aliphatic rings. The summed E-state index contributed by atoms with van der Waals surface area (Å²) in [4.78, 5) is 11.7. The molecule has 0 amide bonds. The van der Waals surface area contributed by atoms with Gasteiger partial charge in [-0.3, -0.25) is 4.79 Å². The highest BCUT2D eigenvalue weighted by molar-refractivity contribution is 7.89. The van der Waals surface area contributed by atoms with Crippen molar-refractivity contribution >= 4 is 16.0 Å². The van der Waals surface area contributed by atoms with Gasteiger partial charge in [-0.1, -0.05) is 0 Å². The van der Waals surface area contributed by atoms with Crippen LogP contribution < -0.4 is 0 Å². The van der Waals surface area contributed by atoms with E-state index in [1.807, 2.05) is 0 Å². The van der Waals surface area contributed by atoms with Gasteiger partial charge in [0.05, 0.1) is 12.0 Å². The Morgan fingerprint density at radius 2 is 2.15 bits per heavy atom. The molecular weight excluding hydrogens is 285 g/mol. The number of carbonyl (C=O) groups excluding carboxylic acids is 1. The molecule has 110 valence electrons. The second-order valence-corrected chi connectivity index (χ2v) is 6.57. The number of nitrogens with zero attached hydrogens (tertiary/aromatic N) is 1. The SMILES string of the molecule is COC(=O)C1CCCN1S(=O)(=O)c1ccc(F)cc1C. The van der Waals surface area contributed by atoms with Gasteiger partial charge in [-0.15, -0.1) is 0 Å². The normalized spacial score (nSPS) is 20.1. The molecule has 0 aromatic heterocycles. The van der Waals surface area contributed by atoms with Crippen molar-refractivity contribution in [2.45, 2.75) is 30.7 Å². The lowest BCUT2D eigenvalue weighted by atomic mass is 10.2. The van der Waals surface area contributed by atoms with E-state index >= 15 is 0 Å². The van der Waals surface area contributed by atoms with Crippen LogP contribution in [0.15, 0.2) is 23.1 Å². The van der Waals surface area contributed by atoms with Crippen LogP contribution in [0.25, 0.3) is 0 Å². The summed E-state index contributed by atoms with van der Waals surface area (Å²) in [6.07, 6.45) is 1.03. The third kappa shape index (κ3) is 2.55. The molecule has 1 aliphatic heterocycles. The zero-order valence-electron chi connectivity index (χ0n) is 11.3. The summed E-state index contributed by atoms with van der Waals surface area (Å²) >= 11 is 0. The average Bonchev–Trinajstić information content (AvgIpc) is 2.87. The summed E-state index contributed by atoms with van der Waals surface area (Å²) in [5.41, 5.74) is 0.320. The lowest BCUT2D eigenvalue weighted by Crippen LogP contribution is -2.41. The summed E-state index contributed by atoms with van der Waals surface area (Å²) < 4.78 is 44.1. The van der Waals surface area contributed by atoms with E-state index in [-0.39, 0.29) is 11.4 Å². The van der Waals surface area contributed by atoms with Gasteiger partial charge in [0.15, 0.2) is 0 Å². The van der Waals surface area contributed by atoms with Gasteiger partial charge in [0.25, 0.3) is 0 Å². The first kappa shape index (κ1) is 14.9. The minimum atomic E-state index is -3.82. The number of hydrogen-bond donors (Lipinski definition) is 0. The van der Waals surface area contributed by atoms with E-state index in [0.29, 0.717) is 18.4 Å². The van der Waals surface area contributed by atoms with Crippen LogP contribution >= 0.6 is 0 Å². The number of ether oxygens (including phenoxy) is 1. The van der Waals surface area contributed by atoms with Crippen molar-refractivity contribution in [2.24, 2.45) is 0 Å². The van der Waals surface area contributed by atoms with E-state index in [4.69, 9.17) is 0 Å². The van der Waals surface area contributed by atoms with Crippen LogP contribution in [-0.4, -0.2) is 38.4 Å². The second-order valence-electron chi connectivity index (χ2n) is 4.71. The van der Waals surface area contributed by atoms with Gasteiger partial charge in [-0.2, -0.15) is 4.31 Å². The molecular formula is C13H16FNO4S. The number of hydrogen-bond acceptors (Lipinski definition) is 4. The Morgan fingerprint density at radius 1 is 1.45 bits per heavy atom. The Kier molecular flexibility index (Phi) is 4.10. The number of rotatable bonds is 3. The topological polar surface area (TPSA) is 63.7 Å². The van der Waals surface area contributed by atoms with E-state index in [9.17, 15) is 17.6 Å². The van der Waals surface area contributed by atoms with Crippen LogP contribution in [0, 0.1) is 12.7 Å². The smallest absolute Gasteiger partial charge is 0.324 e. The Bertz CT molecular complexity index is 629. The molecule has 0 radical (unpaired) electrons. The Hall–Kier alpha value is -1.47. The molecule has 2 rings (SSSR count). The molecule has 1 aromatic rings. The molecule has 7 heteroatoms. The Balaban J connectivity index is 2.41. The average molecular weight is 301 g/mol. The molecule has 1 atom stereocenters. The maximum Gasteiger partial charge on any atom is 0.324 e. The maximum absolute atomic E-state index is 13.1. The highest BCUT2D eigenvalue weighted by Gasteiger charge is 2.40. The molecule has 5 nitrogen and oxygen atoms in total. The van der Waals surface area contributed by atoms with Gasteiger partial charge in [0.2, 0.25) is 10.0 Å². The fourth-order valence-electron chi connectivity index (χ4n) is 2.43. The molecule has 1 heterocycles. The highest BCUT2D eigenvalue weighted by atomic mass is 32.2. The standard InChI is InChI=1S/C13H16FNO4S/c1-9-8-10(14)5-6-12(9)20(17,18)15-7-3-4-11(15)13(16)19-2/h5-6,8,11H,3-4,7H2,1-2H3. The predicted molar refractivity (Wildman–Crippen MR) is 70.1 cm³/mol. The maximum atomic E-state index is 13.1. The summed E-state index contributed by atoms with van der Waals surface area (Å²) in [6.45, 7) is 1.79. The lowest BCUT2D eigenvalue weighted by molar-refractivity contribution is -0.144. The van der Waals surface area contributed by atoms with Crippen molar-refractivity contribution in [3.8, 4) is 0 Å². The van der Waals surface area contributed by atoms with Gasteiger partial charge in [-0.25, -0.2) is 12.8 Å². The zero-order chi connectivity index (χ0) is 14.9.